The number of rotatable bonds is 28. The van der Waals surface area contributed by atoms with E-state index in [0.29, 0.717) is 39.3 Å². The molecule has 0 saturated heterocycles. The molecule has 0 atom stereocenters. The van der Waals surface area contributed by atoms with Gasteiger partial charge in [-0.1, -0.05) is 56.9 Å². The van der Waals surface area contributed by atoms with Crippen LogP contribution < -0.4 is 9.47 Å². The SMILES string of the molecule is CCCCCC(Oc1ccc(CCCOCCCCCC(=O)O)cc1)Oc1ccc(CCCOCCCCCC(=O)O)cc1. The van der Waals surface area contributed by atoms with Crippen LogP contribution in [-0.4, -0.2) is 54.9 Å². The summed E-state index contributed by atoms with van der Waals surface area (Å²) >= 11 is 0. The minimum absolute atomic E-state index is 0.234. The lowest BCUT2D eigenvalue weighted by atomic mass is 10.1. The van der Waals surface area contributed by atoms with Crippen LogP contribution in [0.15, 0.2) is 48.5 Å². The Hall–Kier alpha value is -3.10. The third kappa shape index (κ3) is 19.2. The van der Waals surface area contributed by atoms with E-state index in [1.165, 1.54) is 11.1 Å². The molecule has 0 saturated carbocycles. The van der Waals surface area contributed by atoms with Crippen molar-refractivity contribution in [1.82, 2.24) is 0 Å². The largest absolute Gasteiger partial charge is 0.481 e. The van der Waals surface area contributed by atoms with Gasteiger partial charge in [0.05, 0.1) is 0 Å². The summed E-state index contributed by atoms with van der Waals surface area (Å²) in [5, 5.41) is 17.3. The first kappa shape index (κ1) is 37.1. The second-order valence-electron chi connectivity index (χ2n) is 11.3. The van der Waals surface area contributed by atoms with E-state index in [4.69, 9.17) is 29.2 Å². The molecule has 2 aromatic carbocycles. The molecule has 2 aromatic rings. The molecular weight excluding hydrogens is 560 g/mol. The zero-order valence-electron chi connectivity index (χ0n) is 26.7. The van der Waals surface area contributed by atoms with Crippen LogP contribution in [0.1, 0.15) is 108 Å². The van der Waals surface area contributed by atoms with Gasteiger partial charge in [-0.15, -0.1) is 0 Å². The number of hydrogen-bond acceptors (Lipinski definition) is 6. The van der Waals surface area contributed by atoms with Crippen molar-refractivity contribution in [2.75, 3.05) is 26.4 Å². The fourth-order valence-electron chi connectivity index (χ4n) is 4.75. The third-order valence-corrected chi connectivity index (χ3v) is 7.29. The lowest BCUT2D eigenvalue weighted by molar-refractivity contribution is -0.138. The molecule has 0 bridgehead atoms. The number of carboxylic acids is 2. The summed E-state index contributed by atoms with van der Waals surface area (Å²) in [4.78, 5) is 21.1. The Kier molecular flexibility index (Phi) is 20.4. The van der Waals surface area contributed by atoms with Gasteiger partial charge in [0.2, 0.25) is 6.29 Å². The normalized spacial score (nSPS) is 11.1. The van der Waals surface area contributed by atoms with Gasteiger partial charge < -0.3 is 29.2 Å². The van der Waals surface area contributed by atoms with E-state index >= 15 is 0 Å². The van der Waals surface area contributed by atoms with Crippen molar-refractivity contribution in [3.8, 4) is 11.5 Å². The fourth-order valence-corrected chi connectivity index (χ4v) is 4.75. The summed E-state index contributed by atoms with van der Waals surface area (Å²) in [5.41, 5.74) is 2.48. The second-order valence-corrected chi connectivity index (χ2v) is 11.3. The molecule has 0 spiro atoms. The first-order valence-corrected chi connectivity index (χ1v) is 16.6. The molecule has 246 valence electrons. The van der Waals surface area contributed by atoms with E-state index < -0.39 is 11.9 Å². The number of carboxylic acid groups (broad SMARTS) is 2. The van der Waals surface area contributed by atoms with Crippen molar-refractivity contribution in [2.24, 2.45) is 0 Å². The highest BCUT2D eigenvalue weighted by atomic mass is 16.7. The third-order valence-electron chi connectivity index (χ3n) is 7.29. The van der Waals surface area contributed by atoms with Gasteiger partial charge in [-0.2, -0.15) is 0 Å². The number of aliphatic carboxylic acids is 2. The maximum Gasteiger partial charge on any atom is 0.303 e. The second kappa shape index (κ2) is 24.2. The summed E-state index contributed by atoms with van der Waals surface area (Å²) in [6, 6.07) is 16.4. The number of hydrogen-bond donors (Lipinski definition) is 2. The lowest BCUT2D eigenvalue weighted by Crippen LogP contribution is -2.24. The predicted molar refractivity (Wildman–Crippen MR) is 173 cm³/mol. The van der Waals surface area contributed by atoms with Gasteiger partial charge in [0.15, 0.2) is 0 Å². The van der Waals surface area contributed by atoms with Crippen LogP contribution in [0, 0.1) is 0 Å². The molecule has 0 radical (unpaired) electrons. The summed E-state index contributed by atoms with van der Waals surface area (Å²) in [7, 11) is 0. The molecule has 0 aliphatic carbocycles. The molecule has 0 aliphatic rings. The Morgan fingerprint density at radius 2 is 1.00 bits per heavy atom. The zero-order valence-corrected chi connectivity index (χ0v) is 26.7. The Balaban J connectivity index is 1.68. The van der Waals surface area contributed by atoms with Crippen molar-refractivity contribution in [3.63, 3.8) is 0 Å². The minimum atomic E-state index is -0.734. The van der Waals surface area contributed by atoms with E-state index in [2.05, 4.69) is 31.2 Å². The summed E-state index contributed by atoms with van der Waals surface area (Å²) in [6.45, 7) is 4.96. The number of ether oxygens (including phenoxy) is 4. The van der Waals surface area contributed by atoms with Crippen LogP contribution in [-0.2, 0) is 31.9 Å². The molecule has 2 rings (SSSR count). The lowest BCUT2D eigenvalue weighted by Gasteiger charge is -2.21. The summed E-state index contributed by atoms with van der Waals surface area (Å²) < 4.78 is 23.9. The molecular formula is C36H54O8. The topological polar surface area (TPSA) is 112 Å². The van der Waals surface area contributed by atoms with Crippen LogP contribution in [0.5, 0.6) is 11.5 Å². The minimum Gasteiger partial charge on any atom is -0.481 e. The van der Waals surface area contributed by atoms with Gasteiger partial charge in [0.1, 0.15) is 11.5 Å². The quantitative estimate of drug-likeness (QED) is 0.0728. The van der Waals surface area contributed by atoms with Crippen LogP contribution in [0.3, 0.4) is 0 Å². The highest BCUT2D eigenvalue weighted by Gasteiger charge is 2.13. The van der Waals surface area contributed by atoms with Gasteiger partial charge in [-0.25, -0.2) is 0 Å². The van der Waals surface area contributed by atoms with Crippen molar-refractivity contribution >= 4 is 11.9 Å². The summed E-state index contributed by atoms with van der Waals surface area (Å²) in [6.07, 6.45) is 13.0. The highest BCUT2D eigenvalue weighted by molar-refractivity contribution is 5.66. The maximum atomic E-state index is 10.5. The molecule has 8 nitrogen and oxygen atoms in total. The molecule has 0 aliphatic heterocycles. The Bertz CT molecular complexity index is 928. The first-order chi connectivity index (χ1) is 21.5. The predicted octanol–water partition coefficient (Wildman–Crippen LogP) is 8.24. The van der Waals surface area contributed by atoms with Gasteiger partial charge in [-0.05, 0) is 93.2 Å². The van der Waals surface area contributed by atoms with Crippen molar-refractivity contribution in [2.45, 2.75) is 116 Å². The van der Waals surface area contributed by atoms with E-state index in [9.17, 15) is 9.59 Å². The Morgan fingerprint density at radius 3 is 1.41 bits per heavy atom. The van der Waals surface area contributed by atoms with Gasteiger partial charge >= 0.3 is 11.9 Å². The zero-order chi connectivity index (χ0) is 31.7. The number of aryl methyl sites for hydroxylation is 2. The van der Waals surface area contributed by atoms with Crippen LogP contribution >= 0.6 is 0 Å². The van der Waals surface area contributed by atoms with Crippen molar-refractivity contribution in [3.05, 3.63) is 59.7 Å². The first-order valence-electron chi connectivity index (χ1n) is 16.6. The van der Waals surface area contributed by atoms with Crippen LogP contribution in [0.25, 0.3) is 0 Å². The van der Waals surface area contributed by atoms with Gasteiger partial charge in [-0.3, -0.25) is 9.59 Å². The summed E-state index contributed by atoms with van der Waals surface area (Å²) in [5.74, 6) is 0.128. The molecule has 2 N–H and O–H groups in total. The molecule has 44 heavy (non-hydrogen) atoms. The van der Waals surface area contributed by atoms with Crippen LogP contribution in [0.2, 0.25) is 0 Å². The van der Waals surface area contributed by atoms with E-state index in [1.54, 1.807) is 0 Å². The van der Waals surface area contributed by atoms with E-state index in [0.717, 1.165) is 88.5 Å². The molecule has 0 fully saturated rings. The molecule has 0 heterocycles. The fraction of sp³-hybridized carbons (Fsp3) is 0.611. The van der Waals surface area contributed by atoms with Gasteiger partial charge in [0.25, 0.3) is 0 Å². The highest BCUT2D eigenvalue weighted by Crippen LogP contribution is 2.22. The monoisotopic (exact) mass is 614 g/mol. The smallest absolute Gasteiger partial charge is 0.303 e. The van der Waals surface area contributed by atoms with Crippen molar-refractivity contribution in [1.29, 1.82) is 0 Å². The Labute approximate surface area is 264 Å². The van der Waals surface area contributed by atoms with Crippen molar-refractivity contribution < 1.29 is 38.7 Å². The van der Waals surface area contributed by atoms with E-state index in [-0.39, 0.29) is 19.1 Å². The molecule has 0 aromatic heterocycles. The standard InChI is InChI=1S/C36H54O8/c1-2-3-6-17-36(43-32-22-18-30(19-23-32)13-11-28-41-26-9-4-7-15-34(37)38)44-33-24-20-31(21-25-33)14-12-29-42-27-10-5-8-16-35(39)40/h18-25,36H,2-17,26-29H2,1H3,(H,37,38)(H,39,40). The molecule has 8 heteroatoms. The molecule has 0 unspecified atom stereocenters. The average molecular weight is 615 g/mol. The average Bonchev–Trinajstić information content (AvgIpc) is 3.00. The number of carbonyl (C=O) groups is 2. The Morgan fingerprint density at radius 1 is 0.568 bits per heavy atom. The number of benzene rings is 2. The number of unbranched alkanes of at least 4 members (excludes halogenated alkanes) is 6. The maximum absolute atomic E-state index is 10.5. The van der Waals surface area contributed by atoms with Crippen LogP contribution in [0.4, 0.5) is 0 Å². The van der Waals surface area contributed by atoms with Gasteiger partial charge in [0, 0.05) is 45.7 Å². The van der Waals surface area contributed by atoms with E-state index in [1.807, 2.05) is 24.3 Å². The molecule has 0 amide bonds.